The molecule has 1 aliphatic rings. The van der Waals surface area contributed by atoms with Crippen LogP contribution in [0.15, 0.2) is 65.2 Å². The molecule has 3 aromatic carbocycles. The van der Waals surface area contributed by atoms with Gasteiger partial charge in [-0.25, -0.2) is 8.78 Å². The number of aromatic nitrogens is 2. The van der Waals surface area contributed by atoms with E-state index in [1.54, 1.807) is 55.5 Å². The van der Waals surface area contributed by atoms with Gasteiger partial charge in [0.15, 0.2) is 5.82 Å². The van der Waals surface area contributed by atoms with E-state index in [9.17, 15) is 13.6 Å². The van der Waals surface area contributed by atoms with Crippen molar-refractivity contribution in [3.63, 3.8) is 0 Å². The van der Waals surface area contributed by atoms with E-state index >= 15 is 8.78 Å². The highest BCUT2D eigenvalue weighted by Gasteiger charge is 2.53. The molecule has 2 atom stereocenters. The van der Waals surface area contributed by atoms with Crippen LogP contribution >= 0.6 is 11.6 Å². The standard InChI is InChI=1S/C27H22ClF2N3O4S/c1-15(38(35)36)17-4-2-16(3-5-17)12-23(34)31-20-13-21(29)24(22(30)14-20)27(10-11-27)26-32-25(37-33-26)18-6-8-19(28)9-7-18/h2-9,13-15H,10-12H2,1H3,(H,31,34)(H,35,36)/p-1. The number of nitrogens with one attached hydrogen (secondary N) is 1. The van der Waals surface area contributed by atoms with Gasteiger partial charge in [-0.3, -0.25) is 9.00 Å². The topological polar surface area (TPSA) is 108 Å². The van der Waals surface area contributed by atoms with Crippen molar-refractivity contribution in [2.24, 2.45) is 0 Å². The van der Waals surface area contributed by atoms with Crippen LogP contribution < -0.4 is 5.32 Å². The zero-order valence-corrected chi connectivity index (χ0v) is 21.6. The number of halogens is 3. The Balaban J connectivity index is 1.31. The number of carbonyl (C=O) groups is 1. The zero-order chi connectivity index (χ0) is 27.0. The van der Waals surface area contributed by atoms with Gasteiger partial charge in [0, 0.05) is 27.1 Å². The van der Waals surface area contributed by atoms with E-state index in [2.05, 4.69) is 15.5 Å². The SMILES string of the molecule is CC(c1ccc(CC(=O)Nc2cc(F)c(C3(c4noc(-c5ccc(Cl)cc5)n4)CC3)c(F)c2)cc1)S(=O)[O-]. The highest BCUT2D eigenvalue weighted by atomic mass is 35.5. The van der Waals surface area contributed by atoms with E-state index in [1.165, 1.54) is 0 Å². The first-order valence-electron chi connectivity index (χ1n) is 11.7. The summed E-state index contributed by atoms with van der Waals surface area (Å²) in [5.41, 5.74) is 0.618. The monoisotopic (exact) mass is 556 g/mol. The van der Waals surface area contributed by atoms with Crippen molar-refractivity contribution in [3.8, 4) is 11.5 Å². The Hall–Kier alpha value is -3.47. The molecule has 1 aliphatic carbocycles. The Morgan fingerprint density at radius 1 is 1.13 bits per heavy atom. The van der Waals surface area contributed by atoms with Crippen LogP contribution in [0.25, 0.3) is 11.5 Å². The second kappa shape index (κ2) is 10.4. The van der Waals surface area contributed by atoms with E-state index in [-0.39, 0.29) is 29.4 Å². The van der Waals surface area contributed by atoms with Crippen LogP contribution in [0, 0.1) is 11.6 Å². The van der Waals surface area contributed by atoms with Gasteiger partial charge in [0.2, 0.25) is 5.91 Å². The largest absolute Gasteiger partial charge is 0.772 e. The van der Waals surface area contributed by atoms with E-state index in [0.29, 0.717) is 34.6 Å². The Bertz CT molecular complexity index is 1500. The van der Waals surface area contributed by atoms with Gasteiger partial charge in [0.05, 0.1) is 11.8 Å². The minimum atomic E-state index is -2.25. The number of anilines is 1. The molecule has 0 radical (unpaired) electrons. The molecule has 1 amide bonds. The van der Waals surface area contributed by atoms with E-state index in [0.717, 1.165) is 12.1 Å². The number of rotatable bonds is 8. The molecule has 0 aliphatic heterocycles. The first-order valence-corrected chi connectivity index (χ1v) is 13.2. The van der Waals surface area contributed by atoms with Crippen molar-refractivity contribution < 1.29 is 26.9 Å². The van der Waals surface area contributed by atoms with Gasteiger partial charge in [-0.2, -0.15) is 4.98 Å². The normalized spacial score (nSPS) is 15.6. The fourth-order valence-corrected chi connectivity index (χ4v) is 4.85. The molecule has 0 spiro atoms. The van der Waals surface area contributed by atoms with Crippen molar-refractivity contribution in [1.82, 2.24) is 10.1 Å². The number of nitrogens with zero attached hydrogens (tertiary/aromatic N) is 2. The van der Waals surface area contributed by atoms with E-state index in [4.69, 9.17) is 16.1 Å². The first-order chi connectivity index (χ1) is 18.2. The zero-order valence-electron chi connectivity index (χ0n) is 20.0. The summed E-state index contributed by atoms with van der Waals surface area (Å²) in [5.74, 6) is -1.71. The van der Waals surface area contributed by atoms with Crippen LogP contribution in [0.3, 0.4) is 0 Å². The minimum absolute atomic E-state index is 0.0218. The van der Waals surface area contributed by atoms with E-state index in [1.807, 2.05) is 0 Å². The van der Waals surface area contributed by atoms with Crippen molar-refractivity contribution in [2.45, 2.75) is 36.9 Å². The summed E-state index contributed by atoms with van der Waals surface area (Å²) in [6.07, 6.45) is 0.835. The molecule has 2 unspecified atom stereocenters. The van der Waals surface area contributed by atoms with Crippen LogP contribution in [0.1, 0.15) is 47.5 Å². The van der Waals surface area contributed by atoms with Gasteiger partial charge in [0.25, 0.3) is 5.89 Å². The molecule has 1 fully saturated rings. The summed E-state index contributed by atoms with van der Waals surface area (Å²) < 4.78 is 58.0. The molecule has 1 aromatic heterocycles. The molecule has 1 heterocycles. The summed E-state index contributed by atoms with van der Waals surface area (Å²) in [6.45, 7) is 1.56. The lowest BCUT2D eigenvalue weighted by Crippen LogP contribution is -2.18. The molecule has 4 aromatic rings. The van der Waals surface area contributed by atoms with Crippen molar-refractivity contribution in [2.75, 3.05) is 5.32 Å². The lowest BCUT2D eigenvalue weighted by Gasteiger charge is -2.16. The molecule has 7 nitrogen and oxygen atoms in total. The van der Waals surface area contributed by atoms with E-state index < -0.39 is 39.3 Å². The predicted octanol–water partition coefficient (Wildman–Crippen LogP) is 5.87. The maximum Gasteiger partial charge on any atom is 0.257 e. The quantitative estimate of drug-likeness (QED) is 0.272. The van der Waals surface area contributed by atoms with Crippen molar-refractivity contribution >= 4 is 34.3 Å². The fourth-order valence-electron chi connectivity index (χ4n) is 4.35. The number of amides is 1. The molecule has 0 saturated heterocycles. The fraction of sp³-hybridized carbons (Fsp3) is 0.222. The summed E-state index contributed by atoms with van der Waals surface area (Å²) in [4.78, 5) is 16.9. The van der Waals surface area contributed by atoms with Crippen LogP contribution in [0.2, 0.25) is 5.02 Å². The highest BCUT2D eigenvalue weighted by molar-refractivity contribution is 7.79. The van der Waals surface area contributed by atoms with Gasteiger partial charge in [-0.05, 0) is 78.4 Å². The molecule has 0 bridgehead atoms. The molecule has 1 N–H and O–H groups in total. The molecule has 11 heteroatoms. The molecular weight excluding hydrogens is 536 g/mol. The predicted molar refractivity (Wildman–Crippen MR) is 137 cm³/mol. The van der Waals surface area contributed by atoms with Gasteiger partial charge in [-0.15, -0.1) is 0 Å². The van der Waals surface area contributed by atoms with Gasteiger partial charge < -0.3 is 14.4 Å². The smallest absolute Gasteiger partial charge is 0.257 e. The summed E-state index contributed by atoms with van der Waals surface area (Å²) in [7, 11) is 0. The third kappa shape index (κ3) is 5.24. The van der Waals surface area contributed by atoms with Gasteiger partial charge >= 0.3 is 0 Å². The highest BCUT2D eigenvalue weighted by Crippen LogP contribution is 2.54. The Kier molecular flexibility index (Phi) is 7.13. The maximum atomic E-state index is 15.2. The molecule has 196 valence electrons. The van der Waals surface area contributed by atoms with Crippen LogP contribution in [-0.2, 0) is 27.7 Å². The Morgan fingerprint density at radius 3 is 2.34 bits per heavy atom. The molecule has 5 rings (SSSR count). The Labute approximate surface area is 224 Å². The van der Waals surface area contributed by atoms with Crippen LogP contribution in [0.4, 0.5) is 14.5 Å². The van der Waals surface area contributed by atoms with Gasteiger partial charge in [0.1, 0.15) is 11.6 Å². The summed E-state index contributed by atoms with van der Waals surface area (Å²) >= 11 is 3.66. The van der Waals surface area contributed by atoms with Crippen LogP contribution in [-0.4, -0.2) is 24.8 Å². The van der Waals surface area contributed by atoms with Crippen molar-refractivity contribution in [1.29, 1.82) is 0 Å². The second-order valence-corrected chi connectivity index (χ2v) is 10.9. The Morgan fingerprint density at radius 2 is 1.76 bits per heavy atom. The van der Waals surface area contributed by atoms with Gasteiger partial charge in [-0.1, -0.05) is 41.0 Å². The van der Waals surface area contributed by atoms with Crippen molar-refractivity contribution in [3.05, 3.63) is 99.8 Å². The second-order valence-electron chi connectivity index (χ2n) is 9.20. The molecular formula is C27H21ClF2N3O4S-. The molecule has 38 heavy (non-hydrogen) atoms. The summed E-state index contributed by atoms with van der Waals surface area (Å²) in [5, 5.41) is 6.39. The lowest BCUT2D eigenvalue weighted by molar-refractivity contribution is -0.115. The lowest BCUT2D eigenvalue weighted by atomic mass is 9.93. The maximum absolute atomic E-state index is 15.2. The number of hydrogen-bond donors (Lipinski definition) is 1. The average molecular weight is 557 g/mol. The summed E-state index contributed by atoms with van der Waals surface area (Å²) in [6, 6.07) is 15.5. The van der Waals surface area contributed by atoms with Crippen LogP contribution in [0.5, 0.6) is 0 Å². The average Bonchev–Trinajstić information content (AvgIpc) is 3.50. The minimum Gasteiger partial charge on any atom is -0.772 e. The number of benzene rings is 3. The first kappa shape index (κ1) is 26.1. The number of hydrogen-bond acceptors (Lipinski definition) is 6. The molecule has 1 saturated carbocycles. The third-order valence-electron chi connectivity index (χ3n) is 6.60. The third-order valence-corrected chi connectivity index (χ3v) is 7.70. The number of carbonyl (C=O) groups excluding carboxylic acids is 1.